The average Bonchev–Trinajstić information content (AvgIpc) is 2.57. The molecule has 1 aromatic rings. The third-order valence-electron chi connectivity index (χ3n) is 2.37. The monoisotopic (exact) mass is 305 g/mol. The highest BCUT2D eigenvalue weighted by Gasteiger charge is 2.21. The molecule has 0 fully saturated rings. The Balaban J connectivity index is 2.08. The molecule has 4 nitrogen and oxygen atoms in total. The van der Waals surface area contributed by atoms with Gasteiger partial charge in [0.1, 0.15) is 5.16 Å². The van der Waals surface area contributed by atoms with E-state index in [1.54, 1.807) is 36.3 Å². The minimum absolute atomic E-state index is 0.296. The summed E-state index contributed by atoms with van der Waals surface area (Å²) in [5.41, 5.74) is 0.538. The van der Waals surface area contributed by atoms with Crippen molar-refractivity contribution < 1.29 is 4.79 Å². The molecule has 1 aromatic carbocycles. The zero-order valence-corrected chi connectivity index (χ0v) is 11.7. The highest BCUT2D eigenvalue weighted by molar-refractivity contribution is 6.35. The Hall–Kier alpha value is -1.10. The normalized spacial score (nSPS) is 14.8. The summed E-state index contributed by atoms with van der Waals surface area (Å²) in [4.78, 5) is 15.1. The maximum atomic E-state index is 11.9. The zero-order chi connectivity index (χ0) is 13.3. The van der Waals surface area contributed by atoms with Crippen LogP contribution in [0.15, 0.2) is 29.6 Å². The lowest BCUT2D eigenvalue weighted by molar-refractivity contribution is 0.220. The molecule has 1 N–H and O–H groups in total. The standard InChI is InChI=1S/C11H10Cl3N3O/c1-16-6-17(5-10(16)14)11(18)15-9-3-7(12)2-8(13)4-9/h2-5H,6H2,1H3,(H,15,18). The maximum absolute atomic E-state index is 11.9. The van der Waals surface area contributed by atoms with E-state index in [-0.39, 0.29) is 6.03 Å². The topological polar surface area (TPSA) is 35.6 Å². The Kier molecular flexibility index (Phi) is 3.90. The van der Waals surface area contributed by atoms with Gasteiger partial charge in [0.2, 0.25) is 0 Å². The van der Waals surface area contributed by atoms with Crippen molar-refractivity contribution in [1.29, 1.82) is 0 Å². The van der Waals surface area contributed by atoms with Crippen molar-refractivity contribution >= 4 is 46.5 Å². The minimum Gasteiger partial charge on any atom is -0.346 e. The van der Waals surface area contributed by atoms with E-state index in [9.17, 15) is 4.79 Å². The van der Waals surface area contributed by atoms with Gasteiger partial charge in [-0.2, -0.15) is 0 Å². The van der Waals surface area contributed by atoms with Crippen molar-refractivity contribution in [3.63, 3.8) is 0 Å². The van der Waals surface area contributed by atoms with Gasteiger partial charge in [-0.15, -0.1) is 0 Å². The Morgan fingerprint density at radius 2 is 1.83 bits per heavy atom. The lowest BCUT2D eigenvalue weighted by Crippen LogP contribution is -2.32. The molecule has 7 heteroatoms. The van der Waals surface area contributed by atoms with Gasteiger partial charge < -0.3 is 10.2 Å². The van der Waals surface area contributed by atoms with Crippen LogP contribution in [0.2, 0.25) is 10.0 Å². The number of rotatable bonds is 1. The minimum atomic E-state index is -0.296. The molecule has 0 bridgehead atoms. The predicted octanol–water partition coefficient (Wildman–Crippen LogP) is 3.77. The van der Waals surface area contributed by atoms with Crippen molar-refractivity contribution in [3.05, 3.63) is 39.6 Å². The lowest BCUT2D eigenvalue weighted by Gasteiger charge is -2.17. The van der Waals surface area contributed by atoms with Crippen LogP contribution < -0.4 is 5.32 Å². The van der Waals surface area contributed by atoms with E-state index in [1.165, 1.54) is 4.90 Å². The van der Waals surface area contributed by atoms with Crippen LogP contribution in [0.5, 0.6) is 0 Å². The quantitative estimate of drug-likeness (QED) is 0.802. The number of carbonyl (C=O) groups excluding carboxylic acids is 1. The molecule has 0 saturated carbocycles. The molecule has 0 aromatic heterocycles. The molecular formula is C11H10Cl3N3O. The summed E-state index contributed by atoms with van der Waals surface area (Å²) < 4.78 is 0. The SMILES string of the molecule is CN1CN(C(=O)Nc2cc(Cl)cc(Cl)c2)C=C1Cl. The fraction of sp³-hybridized carbons (Fsp3) is 0.182. The molecule has 0 unspecified atom stereocenters. The third kappa shape index (κ3) is 3.02. The summed E-state index contributed by atoms with van der Waals surface area (Å²) in [5, 5.41) is 4.13. The highest BCUT2D eigenvalue weighted by atomic mass is 35.5. The Morgan fingerprint density at radius 3 is 2.33 bits per heavy atom. The molecule has 0 spiro atoms. The van der Waals surface area contributed by atoms with Crippen LogP contribution in [-0.4, -0.2) is 29.5 Å². The van der Waals surface area contributed by atoms with E-state index in [4.69, 9.17) is 34.8 Å². The van der Waals surface area contributed by atoms with Crippen molar-refractivity contribution in [1.82, 2.24) is 9.80 Å². The zero-order valence-electron chi connectivity index (χ0n) is 9.45. The third-order valence-corrected chi connectivity index (χ3v) is 3.19. The number of hydrogen-bond donors (Lipinski definition) is 1. The van der Waals surface area contributed by atoms with Crippen LogP contribution in [0, 0.1) is 0 Å². The van der Waals surface area contributed by atoms with Gasteiger partial charge in [-0.05, 0) is 18.2 Å². The van der Waals surface area contributed by atoms with Crippen molar-refractivity contribution in [2.24, 2.45) is 0 Å². The average molecular weight is 307 g/mol. The number of halogens is 3. The number of benzene rings is 1. The number of nitrogens with zero attached hydrogens (tertiary/aromatic N) is 2. The van der Waals surface area contributed by atoms with Gasteiger partial charge in [-0.3, -0.25) is 4.90 Å². The first-order valence-electron chi connectivity index (χ1n) is 5.08. The van der Waals surface area contributed by atoms with Gasteiger partial charge in [0.05, 0.1) is 6.67 Å². The van der Waals surface area contributed by atoms with Crippen LogP contribution in [0.4, 0.5) is 10.5 Å². The van der Waals surface area contributed by atoms with E-state index in [0.29, 0.717) is 27.6 Å². The van der Waals surface area contributed by atoms with Crippen molar-refractivity contribution in [2.75, 3.05) is 19.0 Å². The molecule has 0 aliphatic carbocycles. The fourth-order valence-electron chi connectivity index (χ4n) is 1.51. The summed E-state index contributed by atoms with van der Waals surface area (Å²) in [6, 6.07) is 4.54. The Morgan fingerprint density at radius 1 is 1.22 bits per heavy atom. The second-order valence-electron chi connectivity index (χ2n) is 3.85. The first-order valence-corrected chi connectivity index (χ1v) is 6.21. The number of anilines is 1. The molecule has 2 amide bonds. The van der Waals surface area contributed by atoms with Gasteiger partial charge in [0, 0.05) is 29.0 Å². The second-order valence-corrected chi connectivity index (χ2v) is 5.11. The summed E-state index contributed by atoms with van der Waals surface area (Å²) >= 11 is 17.6. The lowest BCUT2D eigenvalue weighted by atomic mass is 10.3. The van der Waals surface area contributed by atoms with E-state index in [1.807, 2.05) is 0 Å². The number of hydrogen-bond acceptors (Lipinski definition) is 2. The van der Waals surface area contributed by atoms with E-state index in [0.717, 1.165) is 0 Å². The van der Waals surface area contributed by atoms with E-state index >= 15 is 0 Å². The summed E-state index contributed by atoms with van der Waals surface area (Å²) in [5.74, 6) is 0. The summed E-state index contributed by atoms with van der Waals surface area (Å²) in [7, 11) is 1.79. The first-order chi connectivity index (χ1) is 8.45. The number of carbonyl (C=O) groups is 1. The molecule has 1 aliphatic heterocycles. The molecule has 0 saturated heterocycles. The Labute approximate surface area is 120 Å². The first kappa shape index (κ1) is 13.3. The van der Waals surface area contributed by atoms with Crippen molar-refractivity contribution in [3.8, 4) is 0 Å². The summed E-state index contributed by atoms with van der Waals surface area (Å²) in [6.07, 6.45) is 1.56. The summed E-state index contributed by atoms with van der Waals surface area (Å²) in [6.45, 7) is 0.402. The van der Waals surface area contributed by atoms with Crippen LogP contribution in [0.3, 0.4) is 0 Å². The maximum Gasteiger partial charge on any atom is 0.327 e. The van der Waals surface area contributed by atoms with E-state index < -0.39 is 0 Å². The molecule has 1 aliphatic rings. The molecule has 96 valence electrons. The van der Waals surface area contributed by atoms with Crippen LogP contribution in [0.25, 0.3) is 0 Å². The van der Waals surface area contributed by atoms with Gasteiger partial charge in [-0.1, -0.05) is 34.8 Å². The molecule has 18 heavy (non-hydrogen) atoms. The fourth-order valence-corrected chi connectivity index (χ4v) is 2.21. The molecule has 0 radical (unpaired) electrons. The number of amides is 2. The molecule has 0 atom stereocenters. The molecular weight excluding hydrogens is 296 g/mol. The van der Waals surface area contributed by atoms with Crippen molar-refractivity contribution in [2.45, 2.75) is 0 Å². The smallest absolute Gasteiger partial charge is 0.327 e. The van der Waals surface area contributed by atoms with Gasteiger partial charge in [-0.25, -0.2) is 4.79 Å². The second kappa shape index (κ2) is 5.26. The number of nitrogens with one attached hydrogen (secondary N) is 1. The van der Waals surface area contributed by atoms with Crippen LogP contribution >= 0.6 is 34.8 Å². The van der Waals surface area contributed by atoms with Gasteiger partial charge in [0.15, 0.2) is 0 Å². The Bertz CT molecular complexity index is 498. The van der Waals surface area contributed by atoms with Crippen LogP contribution in [0.1, 0.15) is 0 Å². The highest BCUT2D eigenvalue weighted by Crippen LogP contribution is 2.23. The van der Waals surface area contributed by atoms with E-state index in [2.05, 4.69) is 5.32 Å². The predicted molar refractivity (Wildman–Crippen MR) is 73.9 cm³/mol. The molecule has 1 heterocycles. The number of urea groups is 1. The molecule has 2 rings (SSSR count). The largest absolute Gasteiger partial charge is 0.346 e. The van der Waals surface area contributed by atoms with Gasteiger partial charge >= 0.3 is 6.03 Å². The van der Waals surface area contributed by atoms with Crippen LogP contribution in [-0.2, 0) is 0 Å². The van der Waals surface area contributed by atoms with Gasteiger partial charge in [0.25, 0.3) is 0 Å².